The fraction of sp³-hybridized carbons (Fsp3) is 0.636. The Morgan fingerprint density at radius 2 is 2.38 bits per heavy atom. The number of anilines is 2. The molecule has 0 saturated carbocycles. The van der Waals surface area contributed by atoms with Crippen LogP contribution in [0.5, 0.6) is 0 Å². The lowest BCUT2D eigenvalue weighted by Crippen LogP contribution is -2.19. The molecule has 88 valence electrons. The van der Waals surface area contributed by atoms with Crippen LogP contribution in [0.3, 0.4) is 0 Å². The minimum Gasteiger partial charge on any atom is -0.376 e. The van der Waals surface area contributed by atoms with Crippen molar-refractivity contribution in [2.75, 3.05) is 30.8 Å². The highest BCUT2D eigenvalue weighted by atomic mass is 16.5. The molecular formula is C11H18N4O. The zero-order chi connectivity index (χ0) is 11.4. The zero-order valence-corrected chi connectivity index (χ0v) is 9.79. The van der Waals surface area contributed by atoms with E-state index in [1.807, 2.05) is 20.0 Å². The van der Waals surface area contributed by atoms with Gasteiger partial charge in [0.1, 0.15) is 5.82 Å². The second kappa shape index (κ2) is 5.12. The van der Waals surface area contributed by atoms with Crippen LogP contribution < -0.4 is 10.6 Å². The predicted molar refractivity (Wildman–Crippen MR) is 63.8 cm³/mol. The van der Waals surface area contributed by atoms with Crippen molar-refractivity contribution in [3.8, 4) is 0 Å². The summed E-state index contributed by atoms with van der Waals surface area (Å²) in [6, 6.07) is 1.94. The molecule has 5 nitrogen and oxygen atoms in total. The first-order valence-corrected chi connectivity index (χ1v) is 5.67. The molecule has 1 fully saturated rings. The maximum absolute atomic E-state index is 5.54. The molecule has 1 aliphatic heterocycles. The molecule has 1 unspecified atom stereocenters. The van der Waals surface area contributed by atoms with E-state index in [1.54, 1.807) is 0 Å². The third-order valence-electron chi connectivity index (χ3n) is 2.61. The van der Waals surface area contributed by atoms with Crippen LogP contribution in [0.25, 0.3) is 0 Å². The molecule has 1 aromatic rings. The van der Waals surface area contributed by atoms with Crippen LogP contribution >= 0.6 is 0 Å². The topological polar surface area (TPSA) is 59.1 Å². The van der Waals surface area contributed by atoms with Crippen molar-refractivity contribution in [1.29, 1.82) is 0 Å². The van der Waals surface area contributed by atoms with Crippen molar-refractivity contribution < 1.29 is 4.74 Å². The van der Waals surface area contributed by atoms with Gasteiger partial charge < -0.3 is 15.4 Å². The SMILES string of the molecule is CNc1nc(C)cc(NCC2CCCO2)n1. The van der Waals surface area contributed by atoms with Crippen LogP contribution in [-0.2, 0) is 4.74 Å². The fourth-order valence-corrected chi connectivity index (χ4v) is 1.79. The lowest BCUT2D eigenvalue weighted by Gasteiger charge is -2.12. The molecule has 0 aliphatic carbocycles. The quantitative estimate of drug-likeness (QED) is 0.806. The van der Waals surface area contributed by atoms with E-state index in [4.69, 9.17) is 4.74 Å². The first-order chi connectivity index (χ1) is 7.78. The summed E-state index contributed by atoms with van der Waals surface area (Å²) in [7, 11) is 1.82. The van der Waals surface area contributed by atoms with E-state index in [1.165, 1.54) is 0 Å². The second-order valence-electron chi connectivity index (χ2n) is 3.98. The number of hydrogen-bond donors (Lipinski definition) is 2. The molecule has 5 heteroatoms. The molecule has 1 aliphatic rings. The lowest BCUT2D eigenvalue weighted by molar-refractivity contribution is 0.120. The number of aromatic nitrogens is 2. The van der Waals surface area contributed by atoms with Gasteiger partial charge in [-0.3, -0.25) is 0 Å². The van der Waals surface area contributed by atoms with Crippen molar-refractivity contribution in [1.82, 2.24) is 9.97 Å². The average molecular weight is 222 g/mol. The molecule has 1 aromatic heterocycles. The number of rotatable bonds is 4. The van der Waals surface area contributed by atoms with Gasteiger partial charge in [-0.25, -0.2) is 4.98 Å². The molecule has 0 aromatic carbocycles. The summed E-state index contributed by atoms with van der Waals surface area (Å²) in [6.45, 7) is 3.66. The highest BCUT2D eigenvalue weighted by Crippen LogP contribution is 2.14. The Morgan fingerprint density at radius 1 is 1.50 bits per heavy atom. The summed E-state index contributed by atoms with van der Waals surface area (Å²) < 4.78 is 5.54. The predicted octanol–water partition coefficient (Wildman–Crippen LogP) is 1.42. The molecule has 0 spiro atoms. The Morgan fingerprint density at radius 3 is 3.06 bits per heavy atom. The Kier molecular flexibility index (Phi) is 3.56. The normalized spacial score (nSPS) is 19.8. The van der Waals surface area contributed by atoms with Crippen LogP contribution in [0, 0.1) is 6.92 Å². The van der Waals surface area contributed by atoms with Crippen LogP contribution in [0.4, 0.5) is 11.8 Å². The van der Waals surface area contributed by atoms with Crippen molar-refractivity contribution in [3.63, 3.8) is 0 Å². The third kappa shape index (κ3) is 2.82. The smallest absolute Gasteiger partial charge is 0.224 e. The van der Waals surface area contributed by atoms with Gasteiger partial charge in [-0.05, 0) is 19.8 Å². The van der Waals surface area contributed by atoms with Crippen LogP contribution in [-0.4, -0.2) is 36.3 Å². The molecule has 0 radical (unpaired) electrons. The summed E-state index contributed by atoms with van der Waals surface area (Å²) in [5.41, 5.74) is 0.953. The molecular weight excluding hydrogens is 204 g/mol. The minimum atomic E-state index is 0.327. The fourth-order valence-electron chi connectivity index (χ4n) is 1.79. The van der Waals surface area contributed by atoms with E-state index in [0.717, 1.165) is 37.5 Å². The van der Waals surface area contributed by atoms with Gasteiger partial charge in [0.05, 0.1) is 6.10 Å². The van der Waals surface area contributed by atoms with Gasteiger partial charge in [0.25, 0.3) is 0 Å². The van der Waals surface area contributed by atoms with Crippen molar-refractivity contribution >= 4 is 11.8 Å². The highest BCUT2D eigenvalue weighted by molar-refractivity contribution is 5.41. The molecule has 2 N–H and O–H groups in total. The average Bonchev–Trinajstić information content (AvgIpc) is 2.78. The largest absolute Gasteiger partial charge is 0.376 e. The van der Waals surface area contributed by atoms with E-state index in [9.17, 15) is 0 Å². The first-order valence-electron chi connectivity index (χ1n) is 5.67. The van der Waals surface area contributed by atoms with E-state index in [-0.39, 0.29) is 0 Å². The lowest BCUT2D eigenvalue weighted by atomic mass is 10.2. The maximum atomic E-state index is 5.54. The Balaban J connectivity index is 1.94. The van der Waals surface area contributed by atoms with Crippen molar-refractivity contribution in [2.24, 2.45) is 0 Å². The van der Waals surface area contributed by atoms with Gasteiger partial charge in [0, 0.05) is 32.0 Å². The van der Waals surface area contributed by atoms with Gasteiger partial charge in [0.2, 0.25) is 5.95 Å². The van der Waals surface area contributed by atoms with Crippen molar-refractivity contribution in [3.05, 3.63) is 11.8 Å². The van der Waals surface area contributed by atoms with Gasteiger partial charge >= 0.3 is 0 Å². The van der Waals surface area contributed by atoms with Gasteiger partial charge in [0.15, 0.2) is 0 Å². The Labute approximate surface area is 95.6 Å². The van der Waals surface area contributed by atoms with Crippen LogP contribution in [0.15, 0.2) is 6.07 Å². The van der Waals surface area contributed by atoms with Gasteiger partial charge in [-0.15, -0.1) is 0 Å². The van der Waals surface area contributed by atoms with E-state index < -0.39 is 0 Å². The van der Waals surface area contributed by atoms with Gasteiger partial charge in [-0.2, -0.15) is 4.98 Å². The number of aryl methyl sites for hydroxylation is 1. The minimum absolute atomic E-state index is 0.327. The van der Waals surface area contributed by atoms with E-state index >= 15 is 0 Å². The molecule has 2 rings (SSSR count). The number of ether oxygens (including phenoxy) is 1. The molecule has 0 amide bonds. The van der Waals surface area contributed by atoms with Crippen LogP contribution in [0.2, 0.25) is 0 Å². The molecule has 1 atom stereocenters. The van der Waals surface area contributed by atoms with Gasteiger partial charge in [-0.1, -0.05) is 0 Å². The summed E-state index contributed by atoms with van der Waals surface area (Å²) in [5, 5.41) is 6.23. The summed E-state index contributed by atoms with van der Waals surface area (Å²) >= 11 is 0. The Hall–Kier alpha value is -1.36. The standard InChI is InChI=1S/C11H18N4O/c1-8-6-10(15-11(12-2)14-8)13-7-9-4-3-5-16-9/h6,9H,3-5,7H2,1-2H3,(H2,12,13,14,15). The second-order valence-corrected chi connectivity index (χ2v) is 3.98. The highest BCUT2D eigenvalue weighted by Gasteiger charge is 2.15. The summed E-state index contributed by atoms with van der Waals surface area (Å²) in [4.78, 5) is 8.56. The van der Waals surface area contributed by atoms with E-state index in [0.29, 0.717) is 12.1 Å². The van der Waals surface area contributed by atoms with Crippen molar-refractivity contribution in [2.45, 2.75) is 25.9 Å². The number of hydrogen-bond acceptors (Lipinski definition) is 5. The maximum Gasteiger partial charge on any atom is 0.224 e. The first kappa shape index (κ1) is 11.1. The summed E-state index contributed by atoms with van der Waals surface area (Å²) in [5.74, 6) is 1.50. The number of nitrogens with zero attached hydrogens (tertiary/aromatic N) is 2. The monoisotopic (exact) mass is 222 g/mol. The van der Waals surface area contributed by atoms with E-state index in [2.05, 4.69) is 20.6 Å². The Bertz CT molecular complexity index is 350. The molecule has 0 bridgehead atoms. The molecule has 1 saturated heterocycles. The molecule has 2 heterocycles. The number of nitrogens with one attached hydrogen (secondary N) is 2. The molecule has 16 heavy (non-hydrogen) atoms. The summed E-state index contributed by atoms with van der Waals surface area (Å²) in [6.07, 6.45) is 2.63. The third-order valence-corrected chi connectivity index (χ3v) is 2.61. The van der Waals surface area contributed by atoms with Crippen LogP contribution in [0.1, 0.15) is 18.5 Å². The zero-order valence-electron chi connectivity index (χ0n) is 9.79.